The zero-order valence-corrected chi connectivity index (χ0v) is 23.5. The van der Waals surface area contributed by atoms with Crippen molar-refractivity contribution in [2.75, 3.05) is 31.6 Å². The fourth-order valence-corrected chi connectivity index (χ4v) is 8.76. The minimum absolute atomic E-state index is 0.00618. The highest BCUT2D eigenvalue weighted by atomic mass is 16.6. The number of rotatable bonds is 7. The number of nitrogens with one attached hydrogen (secondary N) is 1. The van der Waals surface area contributed by atoms with Crippen molar-refractivity contribution < 1.29 is 24.5 Å². The summed E-state index contributed by atoms with van der Waals surface area (Å²) in [6.45, 7) is 5.00. The predicted molar refractivity (Wildman–Crippen MR) is 152 cm³/mol. The van der Waals surface area contributed by atoms with Crippen LogP contribution in [0.4, 0.5) is 5.69 Å². The summed E-state index contributed by atoms with van der Waals surface area (Å²) in [6, 6.07) is 15.1. The van der Waals surface area contributed by atoms with Gasteiger partial charge in [0.15, 0.2) is 0 Å². The number of amides is 1. The smallest absolute Gasteiger partial charge is 0.303 e. The standard InChI is InChI=1S/C32H39N3O5/c1-4-30-13-8-15-35-16-14-31(27(30)35)24-12-11-23(19-36)17-25(24)34(3)28(31)32(39,29(30)40-21(2)37)20-33-26(38)18-22-9-6-5-7-10-22/h5-13,17,27-29,36,39H,4,14-16,18-20H2,1-3H3,(H,33,38)/t27-,28+,29+,30+,31+,32?/m0/s1. The van der Waals surface area contributed by atoms with E-state index in [1.54, 1.807) is 0 Å². The Balaban J connectivity index is 1.50. The average molecular weight is 546 g/mol. The molecule has 3 aliphatic heterocycles. The van der Waals surface area contributed by atoms with Crippen LogP contribution in [0.5, 0.6) is 0 Å². The lowest BCUT2D eigenvalue weighted by atomic mass is 9.47. The van der Waals surface area contributed by atoms with Gasteiger partial charge >= 0.3 is 5.97 Å². The fourth-order valence-electron chi connectivity index (χ4n) is 8.76. The molecule has 6 rings (SSSR count). The van der Waals surface area contributed by atoms with Crippen LogP contribution in [0.1, 0.15) is 43.4 Å². The Hall–Kier alpha value is -3.20. The Labute approximate surface area is 235 Å². The molecule has 212 valence electrons. The number of benzene rings is 2. The van der Waals surface area contributed by atoms with Crippen LogP contribution in [0.25, 0.3) is 0 Å². The van der Waals surface area contributed by atoms with Gasteiger partial charge in [0.05, 0.1) is 25.6 Å². The molecule has 2 aromatic rings. The summed E-state index contributed by atoms with van der Waals surface area (Å²) >= 11 is 0. The third kappa shape index (κ3) is 3.69. The molecular weight excluding hydrogens is 506 g/mol. The van der Waals surface area contributed by atoms with Gasteiger partial charge in [-0.1, -0.05) is 61.5 Å². The van der Waals surface area contributed by atoms with Crippen molar-refractivity contribution in [2.45, 2.75) is 68.9 Å². The van der Waals surface area contributed by atoms with E-state index in [-0.39, 0.29) is 31.5 Å². The second kappa shape index (κ2) is 9.72. The van der Waals surface area contributed by atoms with E-state index >= 15 is 0 Å². The molecule has 8 heteroatoms. The minimum Gasteiger partial charge on any atom is -0.458 e. The average Bonchev–Trinajstić information content (AvgIpc) is 3.46. The molecule has 3 N–H and O–H groups in total. The molecule has 0 aromatic heterocycles. The van der Waals surface area contributed by atoms with Gasteiger partial charge in [-0.2, -0.15) is 0 Å². The van der Waals surface area contributed by atoms with Crippen LogP contribution in [0.3, 0.4) is 0 Å². The van der Waals surface area contributed by atoms with Crippen molar-refractivity contribution >= 4 is 17.6 Å². The van der Waals surface area contributed by atoms with Gasteiger partial charge < -0.3 is 25.2 Å². The van der Waals surface area contributed by atoms with E-state index in [1.807, 2.05) is 49.5 Å². The second-order valence-corrected chi connectivity index (χ2v) is 12.0. The number of hydrogen-bond acceptors (Lipinski definition) is 7. The van der Waals surface area contributed by atoms with Crippen LogP contribution < -0.4 is 10.2 Å². The quantitative estimate of drug-likeness (QED) is 0.363. The van der Waals surface area contributed by atoms with E-state index < -0.39 is 34.5 Å². The van der Waals surface area contributed by atoms with Gasteiger partial charge in [0.2, 0.25) is 5.91 Å². The van der Waals surface area contributed by atoms with E-state index in [4.69, 9.17) is 4.74 Å². The molecule has 1 amide bonds. The Bertz CT molecular complexity index is 1350. The van der Waals surface area contributed by atoms with Gasteiger partial charge in [-0.05, 0) is 42.1 Å². The topological polar surface area (TPSA) is 102 Å². The molecule has 8 nitrogen and oxygen atoms in total. The summed E-state index contributed by atoms with van der Waals surface area (Å²) in [5.74, 6) is -0.653. The van der Waals surface area contributed by atoms with Gasteiger partial charge in [-0.25, -0.2) is 0 Å². The summed E-state index contributed by atoms with van der Waals surface area (Å²) in [5, 5.41) is 26.0. The van der Waals surface area contributed by atoms with E-state index in [1.165, 1.54) is 6.92 Å². The third-order valence-corrected chi connectivity index (χ3v) is 10.0. The molecule has 1 unspecified atom stereocenters. The van der Waals surface area contributed by atoms with Crippen LogP contribution in [0.15, 0.2) is 60.7 Å². The molecule has 3 heterocycles. The molecule has 2 aromatic carbocycles. The van der Waals surface area contributed by atoms with Crippen LogP contribution in [0, 0.1) is 5.41 Å². The molecule has 1 aliphatic carbocycles. The predicted octanol–water partition coefficient (Wildman–Crippen LogP) is 2.31. The molecule has 2 fully saturated rings. The number of carbonyl (C=O) groups excluding carboxylic acids is 2. The molecule has 40 heavy (non-hydrogen) atoms. The monoisotopic (exact) mass is 545 g/mol. The van der Waals surface area contributed by atoms with Crippen molar-refractivity contribution in [1.29, 1.82) is 0 Å². The number of esters is 1. The zero-order valence-electron chi connectivity index (χ0n) is 23.5. The van der Waals surface area contributed by atoms with Gasteiger partial charge in [-0.3, -0.25) is 14.5 Å². The highest BCUT2D eigenvalue weighted by Gasteiger charge is 2.77. The summed E-state index contributed by atoms with van der Waals surface area (Å²) in [4.78, 5) is 30.4. The molecule has 0 radical (unpaired) electrons. The minimum atomic E-state index is -1.60. The largest absolute Gasteiger partial charge is 0.458 e. The third-order valence-electron chi connectivity index (χ3n) is 10.0. The van der Waals surface area contributed by atoms with Crippen molar-refractivity contribution in [1.82, 2.24) is 10.2 Å². The van der Waals surface area contributed by atoms with Crippen LogP contribution in [0.2, 0.25) is 0 Å². The number of fused-ring (bicyclic) bond motifs is 1. The maximum atomic E-state index is 13.2. The van der Waals surface area contributed by atoms with Crippen molar-refractivity contribution in [3.05, 3.63) is 77.4 Å². The summed E-state index contributed by atoms with van der Waals surface area (Å²) in [6.07, 6.45) is 5.10. The normalized spacial score (nSPS) is 33.7. The number of nitrogens with zero attached hydrogens (tertiary/aromatic N) is 2. The number of aliphatic hydroxyl groups excluding tert-OH is 1. The van der Waals surface area contributed by atoms with Crippen molar-refractivity contribution in [3.63, 3.8) is 0 Å². The molecule has 1 saturated carbocycles. The number of likely N-dealkylation sites (N-methyl/N-ethyl adjacent to an activating group) is 1. The molecular formula is C32H39N3O5. The van der Waals surface area contributed by atoms with Crippen molar-refractivity contribution in [2.24, 2.45) is 5.41 Å². The number of ether oxygens (including phenoxy) is 1. The summed E-state index contributed by atoms with van der Waals surface area (Å²) < 4.78 is 6.16. The zero-order chi connectivity index (χ0) is 28.3. The Morgan fingerprint density at radius 3 is 2.60 bits per heavy atom. The van der Waals surface area contributed by atoms with Crippen LogP contribution >= 0.6 is 0 Å². The Morgan fingerprint density at radius 1 is 1.12 bits per heavy atom. The second-order valence-electron chi connectivity index (χ2n) is 12.0. The molecule has 4 aliphatic rings. The first kappa shape index (κ1) is 27.0. The SMILES string of the molecule is CC[C@]12C=CCN3CC[C@@]4(c5ccc(CO)cc5N(C)[C@H]4C(O)(CNC(=O)Cc4ccccc4)[C@@H]1OC(C)=O)[C@@H]32. The summed E-state index contributed by atoms with van der Waals surface area (Å²) in [7, 11) is 1.97. The number of carbonyl (C=O) groups is 2. The lowest BCUT2D eigenvalue weighted by Gasteiger charge is -2.64. The first-order chi connectivity index (χ1) is 19.2. The number of hydrogen-bond donors (Lipinski definition) is 3. The molecule has 6 atom stereocenters. The van der Waals surface area contributed by atoms with E-state index in [9.17, 15) is 19.8 Å². The van der Waals surface area contributed by atoms with Crippen LogP contribution in [-0.4, -0.2) is 77.5 Å². The maximum absolute atomic E-state index is 13.2. The van der Waals surface area contributed by atoms with Crippen LogP contribution in [-0.2, 0) is 32.8 Å². The maximum Gasteiger partial charge on any atom is 0.303 e. The van der Waals surface area contributed by atoms with Gasteiger partial charge in [0, 0.05) is 43.1 Å². The lowest BCUT2D eigenvalue weighted by molar-refractivity contribution is -0.217. The molecule has 0 bridgehead atoms. The summed E-state index contributed by atoms with van der Waals surface area (Å²) in [5.41, 5.74) is 1.08. The number of aliphatic hydroxyl groups is 2. The molecule has 1 saturated heterocycles. The van der Waals surface area contributed by atoms with Crippen molar-refractivity contribution in [3.8, 4) is 0 Å². The lowest BCUT2D eigenvalue weighted by Crippen LogP contribution is -2.81. The Kier molecular flexibility index (Phi) is 6.56. The molecule has 1 spiro atoms. The fraction of sp³-hybridized carbons (Fsp3) is 0.500. The Morgan fingerprint density at radius 2 is 1.90 bits per heavy atom. The number of anilines is 1. The first-order valence-corrected chi connectivity index (χ1v) is 14.3. The van der Waals surface area contributed by atoms with Gasteiger partial charge in [0.1, 0.15) is 11.7 Å². The van der Waals surface area contributed by atoms with E-state index in [2.05, 4.69) is 40.3 Å². The highest BCUT2D eigenvalue weighted by molar-refractivity contribution is 5.79. The highest BCUT2D eigenvalue weighted by Crippen LogP contribution is 2.66. The van der Waals surface area contributed by atoms with E-state index in [0.717, 1.165) is 41.9 Å². The van der Waals surface area contributed by atoms with Gasteiger partial charge in [0.25, 0.3) is 0 Å². The van der Waals surface area contributed by atoms with Gasteiger partial charge in [-0.15, -0.1) is 0 Å². The first-order valence-electron chi connectivity index (χ1n) is 14.3. The van der Waals surface area contributed by atoms with E-state index in [0.29, 0.717) is 6.42 Å².